The second kappa shape index (κ2) is 6.56. The molecule has 0 aromatic heterocycles. The van der Waals surface area contributed by atoms with Crippen molar-refractivity contribution in [1.82, 2.24) is 10.2 Å². The van der Waals surface area contributed by atoms with Gasteiger partial charge in [-0.25, -0.2) is 12.8 Å². The lowest BCUT2D eigenvalue weighted by Gasteiger charge is -2.26. The highest BCUT2D eigenvalue weighted by molar-refractivity contribution is 7.90. The highest BCUT2D eigenvalue weighted by Gasteiger charge is 2.24. The fraction of sp³-hybridized carbons (Fsp3) is 0.250. The summed E-state index contributed by atoms with van der Waals surface area (Å²) in [6.45, 7) is 0.697. The third kappa shape index (κ3) is 3.88. The zero-order chi connectivity index (χ0) is 17.2. The van der Waals surface area contributed by atoms with E-state index in [1.807, 2.05) is 0 Å². The molecule has 126 valence electrons. The van der Waals surface area contributed by atoms with Crippen LogP contribution in [0, 0.1) is 5.82 Å². The number of fused-ring (bicyclic) bond motifs is 1. The smallest absolute Gasteiger partial charge is 0.256 e. The van der Waals surface area contributed by atoms with Gasteiger partial charge in [0.1, 0.15) is 11.7 Å². The van der Waals surface area contributed by atoms with Crippen molar-refractivity contribution >= 4 is 21.8 Å². The Morgan fingerprint density at radius 2 is 2.00 bits per heavy atom. The molecular formula is C16H16FN3O3S. The summed E-state index contributed by atoms with van der Waals surface area (Å²) in [6.07, 6.45) is 5.26. The highest BCUT2D eigenvalue weighted by atomic mass is 32.2. The van der Waals surface area contributed by atoms with Crippen LogP contribution < -0.4 is 5.32 Å². The van der Waals surface area contributed by atoms with Gasteiger partial charge < -0.3 is 10.2 Å². The Bertz CT molecular complexity index is 842. The maximum Gasteiger partial charge on any atom is 0.256 e. The standard InChI is InChI=1S/C16H16FN3O3S/c17-14-4-1-12(2-5-14)7-8-18-16(21)13-3-6-15-19-24(22,23)10-9-20(15)11-13/h1-6,11H,7-10H2,(H,18,21). The lowest BCUT2D eigenvalue weighted by Crippen LogP contribution is -2.38. The molecule has 24 heavy (non-hydrogen) atoms. The summed E-state index contributed by atoms with van der Waals surface area (Å²) < 4.78 is 39.4. The van der Waals surface area contributed by atoms with Gasteiger partial charge in [0.05, 0.1) is 11.3 Å². The molecule has 1 aromatic carbocycles. The number of carbonyl (C=O) groups is 1. The minimum Gasteiger partial charge on any atom is -0.352 e. The van der Waals surface area contributed by atoms with Gasteiger partial charge >= 0.3 is 0 Å². The fourth-order valence-electron chi connectivity index (χ4n) is 2.41. The van der Waals surface area contributed by atoms with Gasteiger partial charge in [0.2, 0.25) is 0 Å². The van der Waals surface area contributed by atoms with E-state index in [9.17, 15) is 17.6 Å². The number of nitrogens with one attached hydrogen (secondary N) is 1. The number of halogens is 1. The number of carbonyl (C=O) groups excluding carboxylic acids is 1. The number of benzene rings is 1. The lowest BCUT2D eigenvalue weighted by atomic mass is 10.1. The van der Waals surface area contributed by atoms with Gasteiger partial charge in [-0.05, 0) is 36.3 Å². The molecule has 1 N–H and O–H groups in total. The van der Waals surface area contributed by atoms with Crippen LogP contribution in [0.2, 0.25) is 0 Å². The SMILES string of the molecule is O=C(NCCc1ccc(F)cc1)C1=CN2CCS(=O)(=O)N=C2C=C1. The molecule has 8 heteroatoms. The Labute approximate surface area is 139 Å². The van der Waals surface area contributed by atoms with Gasteiger partial charge in [0.15, 0.2) is 0 Å². The van der Waals surface area contributed by atoms with E-state index in [0.29, 0.717) is 24.4 Å². The summed E-state index contributed by atoms with van der Waals surface area (Å²) in [5, 5.41) is 2.79. The summed E-state index contributed by atoms with van der Waals surface area (Å²) in [7, 11) is -3.40. The van der Waals surface area contributed by atoms with Crippen LogP contribution in [0.3, 0.4) is 0 Å². The Kier molecular flexibility index (Phi) is 4.48. The van der Waals surface area contributed by atoms with E-state index >= 15 is 0 Å². The van der Waals surface area contributed by atoms with E-state index in [-0.39, 0.29) is 24.0 Å². The molecule has 2 aliphatic heterocycles. The zero-order valence-corrected chi connectivity index (χ0v) is 13.6. The summed E-state index contributed by atoms with van der Waals surface area (Å²) in [4.78, 5) is 13.8. The van der Waals surface area contributed by atoms with Crippen molar-refractivity contribution in [3.63, 3.8) is 0 Å². The summed E-state index contributed by atoms with van der Waals surface area (Å²) in [6, 6.07) is 6.13. The molecular weight excluding hydrogens is 333 g/mol. The van der Waals surface area contributed by atoms with Gasteiger partial charge in [0.25, 0.3) is 15.9 Å². The van der Waals surface area contributed by atoms with Crippen molar-refractivity contribution in [3.8, 4) is 0 Å². The molecule has 1 amide bonds. The predicted octanol–water partition coefficient (Wildman–Crippen LogP) is 0.982. The lowest BCUT2D eigenvalue weighted by molar-refractivity contribution is -0.117. The van der Waals surface area contributed by atoms with E-state index in [0.717, 1.165) is 5.56 Å². The molecule has 0 fully saturated rings. The predicted molar refractivity (Wildman–Crippen MR) is 88.3 cm³/mol. The van der Waals surface area contributed by atoms with Gasteiger partial charge in [-0.15, -0.1) is 4.40 Å². The first-order chi connectivity index (χ1) is 11.4. The van der Waals surface area contributed by atoms with Crippen LogP contribution in [0.1, 0.15) is 5.56 Å². The van der Waals surface area contributed by atoms with E-state index in [1.165, 1.54) is 18.2 Å². The Morgan fingerprint density at radius 1 is 1.25 bits per heavy atom. The first-order valence-electron chi connectivity index (χ1n) is 7.45. The fourth-order valence-corrected chi connectivity index (χ4v) is 3.38. The van der Waals surface area contributed by atoms with Crippen molar-refractivity contribution < 1.29 is 17.6 Å². The molecule has 6 nitrogen and oxygen atoms in total. The maximum absolute atomic E-state index is 12.8. The molecule has 0 saturated heterocycles. The van der Waals surface area contributed by atoms with Crippen LogP contribution in [-0.4, -0.2) is 43.9 Å². The third-order valence-corrected chi connectivity index (χ3v) is 4.86. The van der Waals surface area contributed by atoms with Crippen molar-refractivity contribution in [1.29, 1.82) is 0 Å². The second-order valence-corrected chi connectivity index (χ2v) is 7.23. The minimum atomic E-state index is -3.40. The van der Waals surface area contributed by atoms with Crippen LogP contribution in [0.15, 0.2) is 52.6 Å². The van der Waals surface area contributed by atoms with Crippen molar-refractivity contribution in [2.24, 2.45) is 4.40 Å². The molecule has 0 spiro atoms. The number of amides is 1. The van der Waals surface area contributed by atoms with E-state index in [4.69, 9.17) is 0 Å². The number of nitrogens with zero attached hydrogens (tertiary/aromatic N) is 2. The number of rotatable bonds is 4. The van der Waals surface area contributed by atoms with Crippen LogP contribution in [-0.2, 0) is 21.2 Å². The third-order valence-electron chi connectivity index (χ3n) is 3.70. The largest absolute Gasteiger partial charge is 0.352 e. The summed E-state index contributed by atoms with van der Waals surface area (Å²) in [5.41, 5.74) is 1.37. The van der Waals surface area contributed by atoms with Crippen molar-refractivity contribution in [2.75, 3.05) is 18.8 Å². The highest BCUT2D eigenvalue weighted by Crippen LogP contribution is 2.15. The number of hydrogen-bond donors (Lipinski definition) is 1. The van der Waals surface area contributed by atoms with E-state index < -0.39 is 10.0 Å². The molecule has 0 aliphatic carbocycles. The average molecular weight is 349 g/mol. The molecule has 0 radical (unpaired) electrons. The number of sulfonamides is 1. The molecule has 1 aromatic rings. The molecule has 2 aliphatic rings. The average Bonchev–Trinajstić information content (AvgIpc) is 2.55. The quantitative estimate of drug-likeness (QED) is 0.879. The molecule has 3 rings (SSSR count). The normalized spacial score (nSPS) is 18.5. The van der Waals surface area contributed by atoms with E-state index in [1.54, 1.807) is 29.3 Å². The Morgan fingerprint density at radius 3 is 2.75 bits per heavy atom. The minimum absolute atomic E-state index is 0.0691. The maximum atomic E-state index is 12.8. The number of amidine groups is 1. The van der Waals surface area contributed by atoms with Crippen LogP contribution in [0.25, 0.3) is 0 Å². The molecule has 2 heterocycles. The summed E-state index contributed by atoms with van der Waals surface area (Å²) in [5.74, 6) is -0.286. The van der Waals surface area contributed by atoms with Crippen LogP contribution in [0.4, 0.5) is 4.39 Å². The van der Waals surface area contributed by atoms with Crippen molar-refractivity contribution in [3.05, 3.63) is 59.6 Å². The van der Waals surface area contributed by atoms with Crippen LogP contribution in [0.5, 0.6) is 0 Å². The molecule has 0 unspecified atom stereocenters. The topological polar surface area (TPSA) is 78.8 Å². The molecule has 0 bridgehead atoms. The zero-order valence-electron chi connectivity index (χ0n) is 12.8. The van der Waals surface area contributed by atoms with Crippen LogP contribution >= 0.6 is 0 Å². The van der Waals surface area contributed by atoms with Gasteiger partial charge in [-0.3, -0.25) is 4.79 Å². The molecule has 0 saturated carbocycles. The summed E-state index contributed by atoms with van der Waals surface area (Å²) >= 11 is 0. The van der Waals surface area contributed by atoms with Gasteiger partial charge in [0, 0.05) is 19.3 Å². The Balaban J connectivity index is 1.57. The monoisotopic (exact) mass is 349 g/mol. The Hall–Kier alpha value is -2.48. The number of hydrogen-bond acceptors (Lipinski definition) is 4. The first-order valence-corrected chi connectivity index (χ1v) is 9.06. The van der Waals surface area contributed by atoms with Gasteiger partial charge in [-0.2, -0.15) is 0 Å². The molecule has 0 atom stereocenters. The second-order valence-electron chi connectivity index (χ2n) is 5.48. The van der Waals surface area contributed by atoms with E-state index in [2.05, 4.69) is 9.71 Å². The van der Waals surface area contributed by atoms with Gasteiger partial charge in [-0.1, -0.05) is 12.1 Å². The first kappa shape index (κ1) is 16.4. The van der Waals surface area contributed by atoms with Crippen molar-refractivity contribution in [2.45, 2.75) is 6.42 Å².